The Morgan fingerprint density at radius 2 is 1.08 bits per heavy atom. The lowest BCUT2D eigenvalue weighted by molar-refractivity contribution is 0.368. The van der Waals surface area contributed by atoms with Gasteiger partial charge in [-0.2, -0.15) is 0 Å². The SMILES string of the molecule is CC1=CC=C2C3=Cc4[nH]c(c(C)c4C)C=c4[nH]c(c(C)c4C)=Cc4[nH]c(c(C)c4C)C=C(N3)C2(C)C1C. The molecule has 5 heterocycles. The van der Waals surface area contributed by atoms with Gasteiger partial charge >= 0.3 is 0 Å². The van der Waals surface area contributed by atoms with Crippen LogP contribution in [0.15, 0.2) is 34.7 Å². The molecule has 0 radical (unpaired) electrons. The Labute approximate surface area is 219 Å². The van der Waals surface area contributed by atoms with Crippen molar-refractivity contribution in [2.45, 2.75) is 62.3 Å². The summed E-state index contributed by atoms with van der Waals surface area (Å²) in [6, 6.07) is 0. The van der Waals surface area contributed by atoms with E-state index in [9.17, 15) is 0 Å². The minimum atomic E-state index is -0.125. The van der Waals surface area contributed by atoms with E-state index in [1.165, 1.54) is 61.6 Å². The lowest BCUT2D eigenvalue weighted by atomic mass is 9.66. The van der Waals surface area contributed by atoms with Gasteiger partial charge in [-0.05, 0) is 125 Å². The molecule has 4 N–H and O–H groups in total. The van der Waals surface area contributed by atoms with Crippen LogP contribution in [-0.4, -0.2) is 15.0 Å². The minimum absolute atomic E-state index is 0.125. The molecule has 3 aromatic heterocycles. The summed E-state index contributed by atoms with van der Waals surface area (Å²) in [5.74, 6) is 0.389. The van der Waals surface area contributed by atoms with Crippen molar-refractivity contribution in [2.75, 3.05) is 0 Å². The van der Waals surface area contributed by atoms with Crippen molar-refractivity contribution in [1.29, 1.82) is 0 Å². The predicted octanol–water partition coefficient (Wildman–Crippen LogP) is 6.01. The molecular weight excluding hydrogens is 452 g/mol. The summed E-state index contributed by atoms with van der Waals surface area (Å²) >= 11 is 0. The number of hydrogen-bond acceptors (Lipinski definition) is 1. The van der Waals surface area contributed by atoms with Crippen LogP contribution in [0.4, 0.5) is 0 Å². The third kappa shape index (κ3) is 3.28. The fourth-order valence-corrected chi connectivity index (χ4v) is 6.26. The molecular formula is C33H38N4. The monoisotopic (exact) mass is 490 g/mol. The van der Waals surface area contributed by atoms with Crippen LogP contribution in [0.3, 0.4) is 0 Å². The van der Waals surface area contributed by atoms with Gasteiger partial charge in [0.15, 0.2) is 0 Å². The van der Waals surface area contributed by atoms with Crippen LogP contribution in [0.1, 0.15) is 76.9 Å². The summed E-state index contributed by atoms with van der Waals surface area (Å²) < 4.78 is 0. The number of fused-ring (bicyclic) bond motifs is 11. The van der Waals surface area contributed by atoms with Crippen molar-refractivity contribution in [3.8, 4) is 0 Å². The maximum Gasteiger partial charge on any atom is 0.0445 e. The van der Waals surface area contributed by atoms with Crippen molar-refractivity contribution < 1.29 is 0 Å². The molecule has 3 aromatic rings. The van der Waals surface area contributed by atoms with Crippen molar-refractivity contribution in [3.05, 3.63) is 102 Å². The molecule has 37 heavy (non-hydrogen) atoms. The van der Waals surface area contributed by atoms with Gasteiger partial charge in [0.1, 0.15) is 0 Å². The molecule has 2 aliphatic heterocycles. The smallest absolute Gasteiger partial charge is 0.0445 e. The van der Waals surface area contributed by atoms with E-state index in [4.69, 9.17) is 0 Å². The Balaban J connectivity index is 1.71. The fourth-order valence-electron chi connectivity index (χ4n) is 6.26. The Morgan fingerprint density at radius 1 is 0.595 bits per heavy atom. The maximum atomic E-state index is 3.87. The van der Waals surface area contributed by atoms with Crippen molar-refractivity contribution in [3.63, 3.8) is 0 Å². The average Bonchev–Trinajstić information content (AvgIpc) is 3.48. The quantitative estimate of drug-likeness (QED) is 0.307. The van der Waals surface area contributed by atoms with Crippen LogP contribution in [0.2, 0.25) is 0 Å². The lowest BCUT2D eigenvalue weighted by Crippen LogP contribution is -2.30. The van der Waals surface area contributed by atoms with Crippen LogP contribution in [0.5, 0.6) is 0 Å². The van der Waals surface area contributed by atoms with E-state index in [1.54, 1.807) is 0 Å². The summed E-state index contributed by atoms with van der Waals surface area (Å²) in [4.78, 5) is 11.2. The Kier molecular flexibility index (Phi) is 5.08. The normalized spacial score (nSPS) is 22.2. The second-order valence-corrected chi connectivity index (χ2v) is 11.6. The van der Waals surface area contributed by atoms with Crippen molar-refractivity contribution in [2.24, 2.45) is 11.3 Å². The van der Waals surface area contributed by atoms with Crippen molar-refractivity contribution in [1.82, 2.24) is 20.3 Å². The van der Waals surface area contributed by atoms with Gasteiger partial charge in [0.2, 0.25) is 0 Å². The first kappa shape index (κ1) is 23.7. The molecule has 0 amide bonds. The molecule has 6 rings (SSSR count). The summed E-state index contributed by atoms with van der Waals surface area (Å²) in [6.45, 7) is 20.3. The topological polar surface area (TPSA) is 59.4 Å². The molecule has 1 aliphatic carbocycles. The second-order valence-electron chi connectivity index (χ2n) is 11.6. The predicted molar refractivity (Wildman–Crippen MR) is 155 cm³/mol. The van der Waals surface area contributed by atoms with E-state index in [0.29, 0.717) is 5.92 Å². The number of nitrogens with one attached hydrogen (secondary N) is 4. The third-order valence-corrected chi connectivity index (χ3v) is 9.81. The molecule has 190 valence electrons. The largest absolute Gasteiger partial charge is 0.358 e. The second kappa shape index (κ2) is 7.92. The molecule has 2 unspecified atom stereocenters. The zero-order valence-electron chi connectivity index (χ0n) is 23.5. The average molecular weight is 491 g/mol. The molecule has 8 bridgehead atoms. The van der Waals surface area contributed by atoms with Gasteiger partial charge in [0, 0.05) is 50.3 Å². The molecule has 0 aromatic carbocycles. The van der Waals surface area contributed by atoms with Gasteiger partial charge in [-0.3, -0.25) is 0 Å². The van der Waals surface area contributed by atoms with Crippen LogP contribution >= 0.6 is 0 Å². The highest BCUT2D eigenvalue weighted by Crippen LogP contribution is 2.54. The first-order valence-electron chi connectivity index (χ1n) is 13.4. The molecule has 4 heteroatoms. The highest BCUT2D eigenvalue weighted by molar-refractivity contribution is 5.73. The fraction of sp³-hybridized carbons (Fsp3) is 0.333. The van der Waals surface area contributed by atoms with Gasteiger partial charge in [0.05, 0.1) is 0 Å². The standard InChI is InChI=1S/C33H38N4/c1-16-10-11-24-31-14-29-20(5)19(4)27(35-29)12-25-17(2)18(3)26(34-25)13-28-21(6)22(7)30(36-28)15-32(37-31)33(24,9)23(16)8/h10-15,23,34-37H,1-9H3. The van der Waals surface area contributed by atoms with E-state index in [-0.39, 0.29) is 5.41 Å². The number of aromatic nitrogens is 3. The van der Waals surface area contributed by atoms with Crippen molar-refractivity contribution >= 4 is 24.3 Å². The molecule has 4 nitrogen and oxygen atoms in total. The van der Waals surface area contributed by atoms with Crippen LogP contribution in [0, 0.1) is 52.9 Å². The highest BCUT2D eigenvalue weighted by Gasteiger charge is 2.47. The van der Waals surface area contributed by atoms with Gasteiger partial charge in [0.25, 0.3) is 0 Å². The summed E-state index contributed by atoms with van der Waals surface area (Å²) in [5.41, 5.74) is 17.4. The van der Waals surface area contributed by atoms with E-state index >= 15 is 0 Å². The van der Waals surface area contributed by atoms with Crippen LogP contribution in [-0.2, 0) is 0 Å². The van der Waals surface area contributed by atoms with Crippen LogP contribution in [0.25, 0.3) is 24.3 Å². The molecule has 3 aliphatic rings. The molecule has 1 fully saturated rings. The number of rotatable bonds is 0. The minimum Gasteiger partial charge on any atom is -0.358 e. The third-order valence-electron chi connectivity index (χ3n) is 9.81. The van der Waals surface area contributed by atoms with Crippen LogP contribution < -0.4 is 16.0 Å². The van der Waals surface area contributed by atoms with Gasteiger partial charge in [-0.15, -0.1) is 0 Å². The Bertz CT molecular complexity index is 1740. The molecule has 2 atom stereocenters. The van der Waals surface area contributed by atoms with E-state index in [2.05, 4.69) is 119 Å². The van der Waals surface area contributed by atoms with E-state index < -0.39 is 0 Å². The van der Waals surface area contributed by atoms with E-state index in [0.717, 1.165) is 27.8 Å². The number of H-pyrrole nitrogens is 3. The first-order valence-corrected chi connectivity index (χ1v) is 13.4. The Hall–Kier alpha value is -3.66. The molecule has 0 spiro atoms. The summed E-state index contributed by atoms with van der Waals surface area (Å²) in [7, 11) is 0. The number of hydrogen-bond donors (Lipinski definition) is 4. The highest BCUT2D eigenvalue weighted by atomic mass is 15.0. The summed E-state index contributed by atoms with van der Waals surface area (Å²) in [6.07, 6.45) is 13.8. The van der Waals surface area contributed by atoms with Gasteiger partial charge in [-0.1, -0.05) is 24.6 Å². The summed E-state index contributed by atoms with van der Waals surface area (Å²) in [5, 5.41) is 6.18. The zero-order valence-corrected chi connectivity index (χ0v) is 23.5. The lowest BCUT2D eigenvalue weighted by Gasteiger charge is -2.36. The zero-order chi connectivity index (χ0) is 26.4. The van der Waals surface area contributed by atoms with Gasteiger partial charge < -0.3 is 20.3 Å². The molecule has 0 saturated carbocycles. The molecule has 1 saturated heterocycles. The van der Waals surface area contributed by atoms with E-state index in [1.807, 2.05) is 0 Å². The number of aromatic amines is 3. The number of allylic oxidation sites excluding steroid dienone is 5. The Morgan fingerprint density at radius 3 is 1.62 bits per heavy atom. The van der Waals surface area contributed by atoms with Gasteiger partial charge in [-0.25, -0.2) is 0 Å². The first-order chi connectivity index (χ1) is 17.5. The maximum absolute atomic E-state index is 3.87.